The van der Waals surface area contributed by atoms with Gasteiger partial charge in [0.1, 0.15) is 4.21 Å². The molecule has 2 atom stereocenters. The van der Waals surface area contributed by atoms with Gasteiger partial charge in [-0.05, 0) is 43.0 Å². The molecule has 2 N–H and O–H groups in total. The van der Waals surface area contributed by atoms with Gasteiger partial charge in [-0.25, -0.2) is 21.6 Å². The summed E-state index contributed by atoms with van der Waals surface area (Å²) in [6.45, 7) is 6.95. The number of nitrogens with zero attached hydrogens (tertiary/aromatic N) is 3. The van der Waals surface area contributed by atoms with Crippen LogP contribution in [0.2, 0.25) is 0 Å². The van der Waals surface area contributed by atoms with Gasteiger partial charge in [0, 0.05) is 51.0 Å². The number of ether oxygens (including phenoxy) is 1. The minimum atomic E-state index is -3.61. The highest BCUT2D eigenvalue weighted by atomic mass is 32.2. The minimum absolute atomic E-state index is 0.160. The molecule has 0 bridgehead atoms. The van der Waals surface area contributed by atoms with Crippen LogP contribution in [0.25, 0.3) is 0 Å². The molecule has 0 spiro atoms. The SMILES string of the molecule is CC(C)(O)c1ccc(N2CCN(S(=O)(=O)c3cccs3)C[C@@H]2CN2CCOC[C@@H]2CNS(C)(=O)=O)cc1. The van der Waals surface area contributed by atoms with Crippen molar-refractivity contribution in [1.82, 2.24) is 13.9 Å². The normalized spacial score (nSPS) is 22.9. The zero-order chi connectivity index (χ0) is 26.8. The molecule has 13 heteroatoms. The zero-order valence-electron chi connectivity index (χ0n) is 21.4. The summed E-state index contributed by atoms with van der Waals surface area (Å²) in [4.78, 5) is 4.40. The van der Waals surface area contributed by atoms with Gasteiger partial charge in [-0.15, -0.1) is 11.3 Å². The van der Waals surface area contributed by atoms with Crippen molar-refractivity contribution in [2.75, 3.05) is 63.6 Å². The molecule has 0 saturated carbocycles. The quantitative estimate of drug-likeness (QED) is 0.459. The number of rotatable bonds is 9. The standard InChI is InChI=1S/C24H36N4O6S3/c1-24(2,29)19-6-8-20(9-7-19)28-11-10-27(37(32,33)23-5-4-14-35-23)17-22(28)16-26-12-13-34-18-21(26)15-25-36(3,30)31/h4-9,14,21-22,25,29H,10-13,15-18H2,1-3H3/t21-,22-/m0/s1. The third-order valence-electron chi connectivity index (χ3n) is 6.82. The van der Waals surface area contributed by atoms with E-state index < -0.39 is 25.6 Å². The van der Waals surface area contributed by atoms with Crippen LogP contribution in [0.3, 0.4) is 0 Å². The second kappa shape index (κ2) is 11.3. The van der Waals surface area contributed by atoms with Crippen molar-refractivity contribution in [3.63, 3.8) is 0 Å². The maximum absolute atomic E-state index is 13.3. The van der Waals surface area contributed by atoms with Gasteiger partial charge in [-0.1, -0.05) is 18.2 Å². The first-order chi connectivity index (χ1) is 17.3. The Hall–Kier alpha value is -1.58. The van der Waals surface area contributed by atoms with E-state index in [1.807, 2.05) is 24.3 Å². The van der Waals surface area contributed by atoms with Gasteiger partial charge >= 0.3 is 0 Å². The lowest BCUT2D eigenvalue weighted by Gasteiger charge is -2.46. The fourth-order valence-electron chi connectivity index (χ4n) is 4.78. The summed E-state index contributed by atoms with van der Waals surface area (Å²) in [6, 6.07) is 10.8. The van der Waals surface area contributed by atoms with Crippen LogP contribution in [0.15, 0.2) is 46.0 Å². The lowest BCUT2D eigenvalue weighted by Crippen LogP contribution is -2.61. The molecular formula is C24H36N4O6S3. The molecule has 206 valence electrons. The molecule has 37 heavy (non-hydrogen) atoms. The summed E-state index contributed by atoms with van der Waals surface area (Å²) in [5, 5.41) is 12.1. The van der Waals surface area contributed by atoms with E-state index >= 15 is 0 Å². The van der Waals surface area contributed by atoms with Crippen LogP contribution in [0.5, 0.6) is 0 Å². The molecule has 1 aromatic carbocycles. The Bertz CT molecular complexity index is 1240. The number of anilines is 1. The van der Waals surface area contributed by atoms with E-state index in [1.165, 1.54) is 11.3 Å². The fourth-order valence-corrected chi connectivity index (χ4v) is 7.88. The number of sulfonamides is 2. The van der Waals surface area contributed by atoms with E-state index in [9.17, 15) is 21.9 Å². The molecular weight excluding hydrogens is 536 g/mol. The average Bonchev–Trinajstić information content (AvgIpc) is 3.39. The highest BCUT2D eigenvalue weighted by Crippen LogP contribution is 2.29. The highest BCUT2D eigenvalue weighted by molar-refractivity contribution is 7.91. The van der Waals surface area contributed by atoms with E-state index in [-0.39, 0.29) is 18.6 Å². The molecule has 2 aliphatic rings. The molecule has 1 aromatic heterocycles. The Morgan fingerprint density at radius 3 is 2.43 bits per heavy atom. The van der Waals surface area contributed by atoms with Crippen molar-refractivity contribution in [2.24, 2.45) is 0 Å². The number of piperazine rings is 1. The number of morpholine rings is 1. The summed E-state index contributed by atoms with van der Waals surface area (Å²) in [5.74, 6) is 0. The Balaban J connectivity index is 1.59. The van der Waals surface area contributed by atoms with Gasteiger partial charge in [0.2, 0.25) is 10.0 Å². The summed E-state index contributed by atoms with van der Waals surface area (Å²) in [5.41, 5.74) is 0.788. The van der Waals surface area contributed by atoms with Crippen molar-refractivity contribution in [1.29, 1.82) is 0 Å². The van der Waals surface area contributed by atoms with Gasteiger partial charge in [-0.3, -0.25) is 4.90 Å². The number of benzene rings is 1. The van der Waals surface area contributed by atoms with Crippen LogP contribution >= 0.6 is 11.3 Å². The van der Waals surface area contributed by atoms with Crippen LogP contribution < -0.4 is 9.62 Å². The molecule has 2 fully saturated rings. The van der Waals surface area contributed by atoms with Crippen LogP contribution in [0.1, 0.15) is 19.4 Å². The van der Waals surface area contributed by atoms with Crippen LogP contribution in [-0.4, -0.2) is 102 Å². The van der Waals surface area contributed by atoms with E-state index in [0.29, 0.717) is 50.1 Å². The van der Waals surface area contributed by atoms with E-state index in [4.69, 9.17) is 4.74 Å². The Morgan fingerprint density at radius 2 is 1.81 bits per heavy atom. The topological polar surface area (TPSA) is 119 Å². The highest BCUT2D eigenvalue weighted by Gasteiger charge is 2.37. The third kappa shape index (κ3) is 7.09. The second-order valence-corrected chi connectivity index (χ2v) is 15.0. The summed E-state index contributed by atoms with van der Waals surface area (Å²) in [7, 11) is -6.96. The van der Waals surface area contributed by atoms with Gasteiger partial charge in [-0.2, -0.15) is 4.31 Å². The van der Waals surface area contributed by atoms with Crippen molar-refractivity contribution in [3.05, 3.63) is 47.3 Å². The van der Waals surface area contributed by atoms with Crippen molar-refractivity contribution in [2.45, 2.75) is 35.7 Å². The largest absolute Gasteiger partial charge is 0.386 e. The summed E-state index contributed by atoms with van der Waals surface area (Å²) < 4.78 is 60.2. The first-order valence-electron chi connectivity index (χ1n) is 12.2. The Kier molecular flexibility index (Phi) is 8.65. The van der Waals surface area contributed by atoms with Crippen molar-refractivity contribution >= 4 is 37.1 Å². The lowest BCUT2D eigenvalue weighted by atomic mass is 9.98. The molecule has 10 nitrogen and oxygen atoms in total. The molecule has 0 unspecified atom stereocenters. The fraction of sp³-hybridized carbons (Fsp3) is 0.583. The number of aliphatic hydroxyl groups is 1. The number of thiophene rings is 1. The zero-order valence-corrected chi connectivity index (χ0v) is 23.9. The molecule has 4 rings (SSSR count). The molecule has 2 aliphatic heterocycles. The van der Waals surface area contributed by atoms with E-state index in [1.54, 1.807) is 35.7 Å². The number of hydrogen-bond donors (Lipinski definition) is 2. The van der Waals surface area contributed by atoms with Crippen LogP contribution in [-0.2, 0) is 30.4 Å². The maximum Gasteiger partial charge on any atom is 0.252 e. The average molecular weight is 573 g/mol. The van der Waals surface area contributed by atoms with Gasteiger partial charge in [0.25, 0.3) is 10.0 Å². The lowest BCUT2D eigenvalue weighted by molar-refractivity contribution is -0.00912. The smallest absolute Gasteiger partial charge is 0.252 e. The molecule has 0 amide bonds. The maximum atomic E-state index is 13.3. The molecule has 0 radical (unpaired) electrons. The third-order valence-corrected chi connectivity index (χ3v) is 10.7. The molecule has 2 saturated heterocycles. The minimum Gasteiger partial charge on any atom is -0.386 e. The predicted molar refractivity (Wildman–Crippen MR) is 145 cm³/mol. The molecule has 0 aliphatic carbocycles. The van der Waals surface area contributed by atoms with E-state index in [2.05, 4.69) is 14.5 Å². The van der Waals surface area contributed by atoms with Gasteiger partial charge in [0.15, 0.2) is 0 Å². The van der Waals surface area contributed by atoms with Crippen molar-refractivity contribution in [3.8, 4) is 0 Å². The first kappa shape index (κ1) is 28.4. The van der Waals surface area contributed by atoms with Crippen LogP contribution in [0.4, 0.5) is 5.69 Å². The van der Waals surface area contributed by atoms with Crippen LogP contribution in [0, 0.1) is 0 Å². The Morgan fingerprint density at radius 1 is 1.08 bits per heavy atom. The molecule has 2 aromatic rings. The van der Waals surface area contributed by atoms with E-state index in [0.717, 1.165) is 17.5 Å². The Labute approximate surface area is 223 Å². The number of nitrogens with one attached hydrogen (secondary N) is 1. The second-order valence-electron chi connectivity index (χ2n) is 10.1. The molecule has 3 heterocycles. The monoisotopic (exact) mass is 572 g/mol. The summed E-state index contributed by atoms with van der Waals surface area (Å²) in [6.07, 6.45) is 1.13. The predicted octanol–water partition coefficient (Wildman–Crippen LogP) is 1.11. The first-order valence-corrected chi connectivity index (χ1v) is 16.5. The summed E-state index contributed by atoms with van der Waals surface area (Å²) >= 11 is 1.21. The number of hydrogen-bond acceptors (Lipinski definition) is 9. The van der Waals surface area contributed by atoms with Gasteiger partial charge in [0.05, 0.1) is 31.1 Å². The van der Waals surface area contributed by atoms with Gasteiger partial charge < -0.3 is 14.7 Å². The van der Waals surface area contributed by atoms with Crippen molar-refractivity contribution < 1.29 is 26.7 Å².